The second-order valence-corrected chi connectivity index (χ2v) is 6.94. The number of nitrogens with zero attached hydrogens (tertiary/aromatic N) is 1. The minimum absolute atomic E-state index is 0.157. The lowest BCUT2D eigenvalue weighted by Crippen LogP contribution is -2.23. The van der Waals surface area contributed by atoms with E-state index in [-0.39, 0.29) is 11.6 Å². The third kappa shape index (κ3) is 4.46. The van der Waals surface area contributed by atoms with Crippen molar-refractivity contribution >= 4 is 16.6 Å². The Morgan fingerprint density at radius 3 is 2.75 bits per heavy atom. The van der Waals surface area contributed by atoms with Gasteiger partial charge in [-0.2, -0.15) is 0 Å². The van der Waals surface area contributed by atoms with E-state index in [1.807, 2.05) is 18.2 Å². The van der Waals surface area contributed by atoms with Crippen LogP contribution in [0.3, 0.4) is 0 Å². The molecular formula is C22H22F2N2O2. The molecule has 4 nitrogen and oxygen atoms in total. The molecule has 0 aliphatic carbocycles. The van der Waals surface area contributed by atoms with Crippen LogP contribution in [-0.4, -0.2) is 24.3 Å². The summed E-state index contributed by atoms with van der Waals surface area (Å²) < 4.78 is 38.9. The molecule has 1 aromatic heterocycles. The molecule has 0 atom stereocenters. The molecule has 0 spiro atoms. The van der Waals surface area contributed by atoms with E-state index in [0.29, 0.717) is 24.2 Å². The molecule has 0 bridgehead atoms. The van der Waals surface area contributed by atoms with Crippen LogP contribution < -0.4 is 5.32 Å². The fourth-order valence-corrected chi connectivity index (χ4v) is 3.42. The first kappa shape index (κ1) is 18.8. The van der Waals surface area contributed by atoms with Crippen LogP contribution in [0.15, 0.2) is 48.7 Å². The van der Waals surface area contributed by atoms with E-state index in [1.165, 1.54) is 12.3 Å². The van der Waals surface area contributed by atoms with Gasteiger partial charge in [0, 0.05) is 43.1 Å². The summed E-state index contributed by atoms with van der Waals surface area (Å²) in [7, 11) is 0. The number of anilines is 1. The van der Waals surface area contributed by atoms with Gasteiger partial charge in [0.2, 0.25) is 0 Å². The van der Waals surface area contributed by atoms with Gasteiger partial charge < -0.3 is 14.8 Å². The van der Waals surface area contributed by atoms with Crippen LogP contribution in [-0.2, 0) is 22.6 Å². The topological polar surface area (TPSA) is 43.4 Å². The molecule has 0 saturated carbocycles. The predicted octanol–water partition coefficient (Wildman–Crippen LogP) is 4.82. The van der Waals surface area contributed by atoms with Crippen LogP contribution in [0.2, 0.25) is 0 Å². The normalized spacial score (nSPS) is 15.1. The number of halogens is 2. The standard InChI is InChI=1S/C22H22F2N2O2/c23-17-11-19-21(4-7-25-22(19)20(24)12-17)26-13-15-2-1-3-16(10-15)14-28-18-5-8-27-9-6-18/h1-4,7,10-12,18H,5-6,8-9,13-14H2,(H,25,26). The van der Waals surface area contributed by atoms with Gasteiger partial charge in [0.25, 0.3) is 0 Å². The second kappa shape index (κ2) is 8.63. The predicted molar refractivity (Wildman–Crippen MR) is 104 cm³/mol. The van der Waals surface area contributed by atoms with E-state index < -0.39 is 11.6 Å². The summed E-state index contributed by atoms with van der Waals surface area (Å²) in [6.45, 7) is 2.61. The van der Waals surface area contributed by atoms with Gasteiger partial charge in [-0.25, -0.2) is 8.78 Å². The zero-order valence-corrected chi connectivity index (χ0v) is 15.5. The number of ether oxygens (including phenoxy) is 2. The molecule has 3 aromatic rings. The van der Waals surface area contributed by atoms with Crippen molar-refractivity contribution in [1.82, 2.24) is 4.98 Å². The van der Waals surface area contributed by atoms with E-state index in [0.717, 1.165) is 43.2 Å². The maximum Gasteiger partial charge on any atom is 0.152 e. The van der Waals surface area contributed by atoms with Gasteiger partial charge >= 0.3 is 0 Å². The van der Waals surface area contributed by atoms with Crippen LogP contribution in [0.1, 0.15) is 24.0 Å². The Morgan fingerprint density at radius 1 is 1.07 bits per heavy atom. The van der Waals surface area contributed by atoms with Crippen molar-refractivity contribution in [2.75, 3.05) is 18.5 Å². The number of benzene rings is 2. The van der Waals surface area contributed by atoms with Crippen LogP contribution >= 0.6 is 0 Å². The highest BCUT2D eigenvalue weighted by molar-refractivity contribution is 5.91. The van der Waals surface area contributed by atoms with E-state index in [2.05, 4.69) is 16.4 Å². The minimum atomic E-state index is -0.661. The monoisotopic (exact) mass is 384 g/mol. The van der Waals surface area contributed by atoms with Crippen LogP contribution in [0, 0.1) is 11.6 Å². The molecule has 0 amide bonds. The number of pyridine rings is 1. The molecule has 6 heteroatoms. The van der Waals surface area contributed by atoms with E-state index >= 15 is 0 Å². The number of nitrogens with one attached hydrogen (secondary N) is 1. The Hall–Kier alpha value is -2.57. The maximum absolute atomic E-state index is 13.9. The highest BCUT2D eigenvalue weighted by atomic mass is 19.1. The Balaban J connectivity index is 1.43. The van der Waals surface area contributed by atoms with Gasteiger partial charge in [-0.05, 0) is 36.1 Å². The Kier molecular flexibility index (Phi) is 5.78. The molecule has 146 valence electrons. The van der Waals surface area contributed by atoms with Gasteiger partial charge in [0.15, 0.2) is 5.82 Å². The average molecular weight is 384 g/mol. The SMILES string of the molecule is Fc1cc(F)c2nccc(NCc3cccc(COC4CCOCC4)c3)c2c1. The quantitative estimate of drug-likeness (QED) is 0.662. The van der Waals surface area contributed by atoms with Gasteiger partial charge in [-0.1, -0.05) is 24.3 Å². The zero-order valence-electron chi connectivity index (χ0n) is 15.5. The molecule has 1 saturated heterocycles. The molecule has 1 N–H and O–H groups in total. The molecule has 1 aliphatic heterocycles. The van der Waals surface area contributed by atoms with E-state index in [9.17, 15) is 8.78 Å². The molecule has 0 radical (unpaired) electrons. The Morgan fingerprint density at radius 2 is 1.89 bits per heavy atom. The number of hydrogen-bond donors (Lipinski definition) is 1. The lowest BCUT2D eigenvalue weighted by molar-refractivity contribution is -0.0390. The van der Waals surface area contributed by atoms with Crippen molar-refractivity contribution in [2.24, 2.45) is 0 Å². The first-order chi connectivity index (χ1) is 13.7. The first-order valence-electron chi connectivity index (χ1n) is 9.44. The van der Waals surface area contributed by atoms with Gasteiger partial charge in [-0.3, -0.25) is 4.98 Å². The number of hydrogen-bond acceptors (Lipinski definition) is 4. The fourth-order valence-electron chi connectivity index (χ4n) is 3.42. The summed E-state index contributed by atoms with van der Waals surface area (Å²) in [5.41, 5.74) is 2.97. The molecular weight excluding hydrogens is 362 g/mol. The van der Waals surface area contributed by atoms with E-state index in [1.54, 1.807) is 6.07 Å². The van der Waals surface area contributed by atoms with Crippen LogP contribution in [0.25, 0.3) is 10.9 Å². The summed E-state index contributed by atoms with van der Waals surface area (Å²) in [5.74, 6) is -1.28. The average Bonchev–Trinajstić information content (AvgIpc) is 2.72. The third-order valence-corrected chi connectivity index (χ3v) is 4.89. The van der Waals surface area contributed by atoms with Crippen LogP contribution in [0.5, 0.6) is 0 Å². The van der Waals surface area contributed by atoms with Crippen molar-refractivity contribution in [3.8, 4) is 0 Å². The molecule has 4 rings (SSSR count). The van der Waals surface area contributed by atoms with Gasteiger partial charge in [0.05, 0.1) is 12.7 Å². The first-order valence-corrected chi connectivity index (χ1v) is 9.44. The Bertz CT molecular complexity index is 958. The maximum atomic E-state index is 13.9. The summed E-state index contributed by atoms with van der Waals surface area (Å²) in [4.78, 5) is 4.01. The second-order valence-electron chi connectivity index (χ2n) is 6.94. The van der Waals surface area contributed by atoms with Crippen LogP contribution in [0.4, 0.5) is 14.5 Å². The Labute approximate surface area is 162 Å². The van der Waals surface area contributed by atoms with Crippen molar-refractivity contribution in [3.63, 3.8) is 0 Å². The van der Waals surface area contributed by atoms with Crippen molar-refractivity contribution in [1.29, 1.82) is 0 Å². The lowest BCUT2D eigenvalue weighted by atomic mass is 10.1. The molecule has 1 fully saturated rings. The number of fused-ring (bicyclic) bond motifs is 1. The third-order valence-electron chi connectivity index (χ3n) is 4.89. The van der Waals surface area contributed by atoms with Crippen molar-refractivity contribution in [2.45, 2.75) is 32.1 Å². The summed E-state index contributed by atoms with van der Waals surface area (Å²) in [6, 6.07) is 12.0. The van der Waals surface area contributed by atoms with Gasteiger partial charge in [-0.15, -0.1) is 0 Å². The molecule has 28 heavy (non-hydrogen) atoms. The molecule has 1 aliphatic rings. The minimum Gasteiger partial charge on any atom is -0.381 e. The van der Waals surface area contributed by atoms with E-state index in [4.69, 9.17) is 9.47 Å². The van der Waals surface area contributed by atoms with Crippen molar-refractivity contribution in [3.05, 3.63) is 71.4 Å². The highest BCUT2D eigenvalue weighted by Crippen LogP contribution is 2.25. The smallest absolute Gasteiger partial charge is 0.152 e. The largest absolute Gasteiger partial charge is 0.381 e. The highest BCUT2D eigenvalue weighted by Gasteiger charge is 2.14. The van der Waals surface area contributed by atoms with Crippen molar-refractivity contribution < 1.29 is 18.3 Å². The summed E-state index contributed by atoms with van der Waals surface area (Å²) >= 11 is 0. The summed E-state index contributed by atoms with van der Waals surface area (Å²) in [6.07, 6.45) is 3.64. The lowest BCUT2D eigenvalue weighted by Gasteiger charge is -2.22. The molecule has 2 heterocycles. The van der Waals surface area contributed by atoms with Gasteiger partial charge in [0.1, 0.15) is 11.3 Å². The fraction of sp³-hybridized carbons (Fsp3) is 0.318. The number of aromatic nitrogens is 1. The molecule has 0 unspecified atom stereocenters. The number of rotatable bonds is 6. The molecule has 2 aromatic carbocycles. The zero-order chi connectivity index (χ0) is 19.3. The summed E-state index contributed by atoms with van der Waals surface area (Å²) in [5, 5.41) is 3.69.